The number of hydrogen-bond acceptors (Lipinski definition) is 6. The second kappa shape index (κ2) is 6.23. The van der Waals surface area contributed by atoms with Crippen molar-refractivity contribution in [1.82, 2.24) is 0 Å². The molecule has 1 amide bonds. The molecule has 132 valence electrons. The lowest BCUT2D eigenvalue weighted by atomic mass is 9.87. The fourth-order valence-electron chi connectivity index (χ4n) is 3.31. The molecule has 0 bridgehead atoms. The Balaban J connectivity index is 2.26. The molecular weight excluding hydrogens is 326 g/mol. The van der Waals surface area contributed by atoms with Crippen LogP contribution in [-0.4, -0.2) is 37.6 Å². The van der Waals surface area contributed by atoms with Crippen LogP contribution in [0.5, 0.6) is 5.75 Å². The van der Waals surface area contributed by atoms with Crippen molar-refractivity contribution in [2.75, 3.05) is 24.7 Å². The third-order valence-electron chi connectivity index (χ3n) is 4.20. The van der Waals surface area contributed by atoms with Gasteiger partial charge in [-0.15, -0.1) is 0 Å². The van der Waals surface area contributed by atoms with Gasteiger partial charge >= 0.3 is 11.9 Å². The van der Waals surface area contributed by atoms with Gasteiger partial charge in [0.2, 0.25) is 0 Å². The van der Waals surface area contributed by atoms with Gasteiger partial charge in [-0.2, -0.15) is 0 Å². The first-order valence-electron chi connectivity index (χ1n) is 8.21. The minimum Gasteiger partial charge on any atom is -0.493 e. The van der Waals surface area contributed by atoms with Gasteiger partial charge in [0.05, 0.1) is 24.5 Å². The van der Waals surface area contributed by atoms with E-state index < -0.39 is 23.4 Å². The maximum atomic E-state index is 13.2. The van der Waals surface area contributed by atoms with Gasteiger partial charge < -0.3 is 19.1 Å². The zero-order valence-corrected chi connectivity index (χ0v) is 14.3. The molecule has 3 rings (SSSR count). The SMILES string of the molecule is CCOC(=O)C1=CC(=O)OC12C(=O)N(CC)c1cccc(OCC)c12. The Morgan fingerprint density at radius 2 is 1.96 bits per heavy atom. The highest BCUT2D eigenvalue weighted by Gasteiger charge is 2.63. The number of hydrogen-bond donors (Lipinski definition) is 0. The Morgan fingerprint density at radius 1 is 1.20 bits per heavy atom. The van der Waals surface area contributed by atoms with Crippen LogP contribution in [0.25, 0.3) is 0 Å². The van der Waals surface area contributed by atoms with Crippen molar-refractivity contribution in [1.29, 1.82) is 0 Å². The number of fused-ring (bicyclic) bond motifs is 2. The van der Waals surface area contributed by atoms with E-state index in [1.807, 2.05) is 6.92 Å². The van der Waals surface area contributed by atoms with Crippen molar-refractivity contribution in [3.63, 3.8) is 0 Å². The zero-order valence-electron chi connectivity index (χ0n) is 14.3. The molecule has 2 aliphatic heterocycles. The topological polar surface area (TPSA) is 82.1 Å². The van der Waals surface area contributed by atoms with Crippen LogP contribution in [-0.2, 0) is 29.5 Å². The zero-order chi connectivity index (χ0) is 18.2. The molecule has 1 unspecified atom stereocenters. The minimum atomic E-state index is -1.85. The van der Waals surface area contributed by atoms with E-state index >= 15 is 0 Å². The molecule has 0 saturated carbocycles. The van der Waals surface area contributed by atoms with Gasteiger partial charge in [-0.25, -0.2) is 9.59 Å². The molecule has 1 aromatic carbocycles. The van der Waals surface area contributed by atoms with Crippen LogP contribution in [0.15, 0.2) is 29.8 Å². The normalized spacial score (nSPS) is 21.2. The lowest BCUT2D eigenvalue weighted by Crippen LogP contribution is -2.44. The van der Waals surface area contributed by atoms with Gasteiger partial charge in [-0.3, -0.25) is 4.79 Å². The van der Waals surface area contributed by atoms with Gasteiger partial charge in [0.25, 0.3) is 11.5 Å². The van der Waals surface area contributed by atoms with E-state index in [4.69, 9.17) is 14.2 Å². The summed E-state index contributed by atoms with van der Waals surface area (Å²) < 4.78 is 16.1. The lowest BCUT2D eigenvalue weighted by molar-refractivity contribution is -0.157. The summed E-state index contributed by atoms with van der Waals surface area (Å²) in [6.07, 6.45) is 1.03. The van der Waals surface area contributed by atoms with Crippen molar-refractivity contribution < 1.29 is 28.6 Å². The number of nitrogens with zero attached hydrogens (tertiary/aromatic N) is 1. The van der Waals surface area contributed by atoms with Gasteiger partial charge in [-0.1, -0.05) is 6.07 Å². The maximum absolute atomic E-state index is 13.2. The molecule has 0 aromatic heterocycles. The van der Waals surface area contributed by atoms with Crippen molar-refractivity contribution >= 4 is 23.5 Å². The van der Waals surface area contributed by atoms with E-state index in [2.05, 4.69) is 0 Å². The summed E-state index contributed by atoms with van der Waals surface area (Å²) in [5.74, 6) is -1.61. The van der Waals surface area contributed by atoms with Crippen LogP contribution >= 0.6 is 0 Å². The molecule has 0 N–H and O–H groups in total. The van der Waals surface area contributed by atoms with Gasteiger partial charge in [0.15, 0.2) is 0 Å². The number of rotatable bonds is 5. The van der Waals surface area contributed by atoms with Crippen LogP contribution in [0, 0.1) is 0 Å². The van der Waals surface area contributed by atoms with E-state index in [1.165, 1.54) is 4.90 Å². The monoisotopic (exact) mass is 345 g/mol. The standard InChI is InChI=1S/C18H19NO6/c1-4-19-12-8-7-9-13(23-5-2)15(12)18(17(19)22)11(10-14(20)25-18)16(21)24-6-3/h7-10H,4-6H2,1-3H3. The molecule has 0 saturated heterocycles. The molecule has 0 aliphatic carbocycles. The second-order valence-corrected chi connectivity index (χ2v) is 5.51. The summed E-state index contributed by atoms with van der Waals surface area (Å²) in [4.78, 5) is 39.1. The summed E-state index contributed by atoms with van der Waals surface area (Å²) >= 11 is 0. The number of benzene rings is 1. The Kier molecular flexibility index (Phi) is 4.24. The number of likely N-dealkylation sites (N-methyl/N-ethyl adjacent to an activating group) is 1. The molecule has 7 nitrogen and oxygen atoms in total. The largest absolute Gasteiger partial charge is 0.493 e. The molecule has 0 fully saturated rings. The molecule has 2 aliphatic rings. The second-order valence-electron chi connectivity index (χ2n) is 5.51. The predicted octanol–water partition coefficient (Wildman–Crippen LogP) is 1.69. The summed E-state index contributed by atoms with van der Waals surface area (Å²) in [6.45, 7) is 6.10. The Bertz CT molecular complexity index is 784. The number of carbonyl (C=O) groups is 3. The van der Waals surface area contributed by atoms with E-state index in [1.54, 1.807) is 32.0 Å². The highest BCUT2D eigenvalue weighted by Crippen LogP contribution is 2.53. The first kappa shape index (κ1) is 17.0. The Labute approximate surface area is 145 Å². The number of esters is 2. The van der Waals surface area contributed by atoms with Crippen LogP contribution in [0.1, 0.15) is 26.3 Å². The number of amides is 1. The molecule has 2 heterocycles. The molecule has 25 heavy (non-hydrogen) atoms. The summed E-state index contributed by atoms with van der Waals surface area (Å²) in [7, 11) is 0. The number of carbonyl (C=O) groups excluding carboxylic acids is 3. The summed E-state index contributed by atoms with van der Waals surface area (Å²) in [5.41, 5.74) is -1.04. The smallest absolute Gasteiger partial charge is 0.339 e. The van der Waals surface area contributed by atoms with Crippen LogP contribution in [0.2, 0.25) is 0 Å². The Hall–Kier alpha value is -2.83. The molecule has 1 aromatic rings. The molecule has 1 atom stereocenters. The third kappa shape index (κ3) is 2.30. The fraction of sp³-hybridized carbons (Fsp3) is 0.389. The average molecular weight is 345 g/mol. The summed E-state index contributed by atoms with van der Waals surface area (Å²) in [5, 5.41) is 0. The van der Waals surface area contributed by atoms with Crippen LogP contribution < -0.4 is 9.64 Å². The van der Waals surface area contributed by atoms with E-state index in [0.29, 0.717) is 30.2 Å². The van der Waals surface area contributed by atoms with Crippen molar-refractivity contribution in [2.24, 2.45) is 0 Å². The number of anilines is 1. The van der Waals surface area contributed by atoms with Gasteiger partial charge in [0.1, 0.15) is 11.3 Å². The number of ether oxygens (including phenoxy) is 3. The van der Waals surface area contributed by atoms with E-state index in [0.717, 1.165) is 6.08 Å². The van der Waals surface area contributed by atoms with E-state index in [-0.39, 0.29) is 12.2 Å². The maximum Gasteiger partial charge on any atom is 0.339 e. The molecule has 0 radical (unpaired) electrons. The minimum absolute atomic E-state index is 0.117. The fourth-order valence-corrected chi connectivity index (χ4v) is 3.31. The van der Waals surface area contributed by atoms with E-state index in [9.17, 15) is 14.4 Å². The lowest BCUT2D eigenvalue weighted by Gasteiger charge is -2.25. The van der Waals surface area contributed by atoms with Crippen LogP contribution in [0.4, 0.5) is 5.69 Å². The highest BCUT2D eigenvalue weighted by molar-refractivity contribution is 6.19. The first-order valence-corrected chi connectivity index (χ1v) is 8.21. The van der Waals surface area contributed by atoms with Crippen molar-refractivity contribution in [3.8, 4) is 5.75 Å². The Morgan fingerprint density at radius 3 is 2.60 bits per heavy atom. The van der Waals surface area contributed by atoms with Crippen LogP contribution in [0.3, 0.4) is 0 Å². The van der Waals surface area contributed by atoms with Crippen molar-refractivity contribution in [3.05, 3.63) is 35.4 Å². The quantitative estimate of drug-likeness (QED) is 0.756. The average Bonchev–Trinajstić information content (AvgIpc) is 3.05. The molecular formula is C18H19NO6. The van der Waals surface area contributed by atoms with Crippen molar-refractivity contribution in [2.45, 2.75) is 26.4 Å². The summed E-state index contributed by atoms with van der Waals surface area (Å²) in [6, 6.07) is 5.18. The van der Waals surface area contributed by atoms with Gasteiger partial charge in [-0.05, 0) is 32.9 Å². The first-order chi connectivity index (χ1) is 12.0. The van der Waals surface area contributed by atoms with Gasteiger partial charge in [0, 0.05) is 12.6 Å². The molecule has 7 heteroatoms. The third-order valence-corrected chi connectivity index (χ3v) is 4.20. The molecule has 1 spiro atoms. The highest BCUT2D eigenvalue weighted by atomic mass is 16.6. The predicted molar refractivity (Wildman–Crippen MR) is 88.1 cm³/mol.